The van der Waals surface area contributed by atoms with Gasteiger partial charge in [-0.15, -0.1) is 0 Å². The van der Waals surface area contributed by atoms with Crippen LogP contribution in [0, 0.1) is 0 Å². The molecule has 0 spiro atoms. The SMILES string of the molecule is OC[C@@H](O)[C@@H](O[C@H]1O[C@@H](CO)[C@@H](O)[C@@H](O)[C@H]1O)c1nn(-c2ccccc2)c2nc3cc(Cl)ccc3nc12. The van der Waals surface area contributed by atoms with Crippen LogP contribution in [-0.2, 0) is 9.47 Å². The molecule has 5 rings (SSSR count). The lowest BCUT2D eigenvalue weighted by Gasteiger charge is -2.41. The van der Waals surface area contributed by atoms with E-state index in [1.54, 1.807) is 42.5 Å². The minimum Gasteiger partial charge on any atom is -0.394 e. The van der Waals surface area contributed by atoms with E-state index in [1.165, 1.54) is 4.68 Å². The minimum absolute atomic E-state index is 0.0710. The fourth-order valence-corrected chi connectivity index (χ4v) is 4.40. The summed E-state index contributed by atoms with van der Waals surface area (Å²) in [6, 6.07) is 14.0. The van der Waals surface area contributed by atoms with Gasteiger partial charge in [0.2, 0.25) is 0 Å². The third-order valence-corrected chi connectivity index (χ3v) is 6.43. The van der Waals surface area contributed by atoms with Gasteiger partial charge >= 0.3 is 0 Å². The third-order valence-electron chi connectivity index (χ3n) is 6.19. The van der Waals surface area contributed by atoms with Gasteiger partial charge in [0.1, 0.15) is 47.8 Å². The molecule has 4 aromatic rings. The molecule has 12 nitrogen and oxygen atoms in total. The molecule has 13 heteroatoms. The van der Waals surface area contributed by atoms with Crippen molar-refractivity contribution in [2.24, 2.45) is 0 Å². The maximum absolute atomic E-state index is 10.7. The molecule has 7 atom stereocenters. The van der Waals surface area contributed by atoms with Crippen LogP contribution in [0.5, 0.6) is 0 Å². The number of hydrogen-bond donors (Lipinski definition) is 6. The molecule has 0 radical (unpaired) electrons. The molecule has 1 saturated heterocycles. The van der Waals surface area contributed by atoms with Crippen LogP contribution < -0.4 is 0 Å². The lowest BCUT2D eigenvalue weighted by atomic mass is 9.99. The van der Waals surface area contributed by atoms with Gasteiger partial charge in [-0.2, -0.15) is 5.10 Å². The second kappa shape index (κ2) is 10.5. The van der Waals surface area contributed by atoms with E-state index >= 15 is 0 Å². The molecule has 0 amide bonds. The highest BCUT2D eigenvalue weighted by molar-refractivity contribution is 6.31. The van der Waals surface area contributed by atoms with Crippen molar-refractivity contribution in [3.8, 4) is 5.69 Å². The Labute approximate surface area is 214 Å². The predicted octanol–water partition coefficient (Wildman–Crippen LogP) is -0.167. The zero-order valence-corrected chi connectivity index (χ0v) is 20.0. The van der Waals surface area contributed by atoms with Gasteiger partial charge in [0.25, 0.3) is 0 Å². The summed E-state index contributed by atoms with van der Waals surface area (Å²) in [6.45, 7) is -1.41. The van der Waals surface area contributed by atoms with Crippen LogP contribution in [0.25, 0.3) is 27.9 Å². The van der Waals surface area contributed by atoms with E-state index in [1.807, 2.05) is 6.07 Å². The average Bonchev–Trinajstić information content (AvgIpc) is 3.28. The largest absolute Gasteiger partial charge is 0.394 e. The van der Waals surface area contributed by atoms with Gasteiger partial charge in [0.15, 0.2) is 11.9 Å². The number of ether oxygens (including phenoxy) is 2. The van der Waals surface area contributed by atoms with Gasteiger partial charge in [0.05, 0.1) is 29.9 Å². The van der Waals surface area contributed by atoms with Crippen molar-refractivity contribution in [3.05, 3.63) is 59.2 Å². The Morgan fingerprint density at radius 1 is 0.973 bits per heavy atom. The number of nitrogens with zero attached hydrogens (tertiary/aromatic N) is 4. The standard InChI is InChI=1S/C24H25ClN4O8/c25-11-6-7-13-14(8-11)27-23-18(26-13)17(28-29(23)12-4-2-1-3-5-12)22(15(32)9-30)37-24-21(35)20(34)19(33)16(10-31)36-24/h1-8,15-16,19-22,24,30-35H,9-10H2/t15-,16+,19-,20-,21-,22-,24-/m1/s1. The Bertz CT molecular complexity index is 1390. The van der Waals surface area contributed by atoms with E-state index in [4.69, 9.17) is 21.1 Å². The third kappa shape index (κ3) is 4.79. The Hall–Kier alpha value is -2.78. The normalized spacial score (nSPS) is 26.0. The summed E-state index contributed by atoms with van der Waals surface area (Å²) in [5.74, 6) is 0. The van der Waals surface area contributed by atoms with Crippen LogP contribution in [0.4, 0.5) is 0 Å². The summed E-state index contributed by atoms with van der Waals surface area (Å²) >= 11 is 6.15. The zero-order chi connectivity index (χ0) is 26.3. The lowest BCUT2D eigenvalue weighted by Crippen LogP contribution is -2.59. The molecule has 0 saturated carbocycles. The van der Waals surface area contributed by atoms with Crippen LogP contribution in [0.15, 0.2) is 48.5 Å². The van der Waals surface area contributed by atoms with Crippen molar-refractivity contribution in [3.63, 3.8) is 0 Å². The molecule has 37 heavy (non-hydrogen) atoms. The number of para-hydroxylation sites is 1. The second-order valence-corrected chi connectivity index (χ2v) is 9.10. The molecule has 196 valence electrons. The van der Waals surface area contributed by atoms with Gasteiger partial charge in [0, 0.05) is 5.02 Å². The zero-order valence-electron chi connectivity index (χ0n) is 19.2. The van der Waals surface area contributed by atoms with Crippen molar-refractivity contribution in [1.29, 1.82) is 0 Å². The first-order chi connectivity index (χ1) is 17.8. The molecule has 0 aliphatic carbocycles. The fourth-order valence-electron chi connectivity index (χ4n) is 4.24. The summed E-state index contributed by atoms with van der Waals surface area (Å²) in [5.41, 5.74) is 2.22. The van der Waals surface area contributed by atoms with Crippen molar-refractivity contribution in [2.75, 3.05) is 13.2 Å². The van der Waals surface area contributed by atoms with E-state index in [0.717, 1.165) is 0 Å². The Morgan fingerprint density at radius 2 is 1.73 bits per heavy atom. The summed E-state index contributed by atoms with van der Waals surface area (Å²) in [7, 11) is 0. The number of aliphatic hydroxyl groups excluding tert-OH is 6. The molecule has 1 aliphatic rings. The first-order valence-corrected chi connectivity index (χ1v) is 11.9. The second-order valence-electron chi connectivity index (χ2n) is 8.67. The number of fused-ring (bicyclic) bond motifs is 2. The number of aliphatic hydroxyl groups is 6. The molecule has 0 unspecified atom stereocenters. The topological polar surface area (TPSA) is 183 Å². The monoisotopic (exact) mass is 532 g/mol. The van der Waals surface area contributed by atoms with E-state index < -0.39 is 56.1 Å². The Balaban J connectivity index is 1.65. The Kier molecular flexibility index (Phi) is 7.36. The molecule has 1 fully saturated rings. The summed E-state index contributed by atoms with van der Waals surface area (Å²) in [5, 5.41) is 65.9. The fraction of sp³-hybridized carbons (Fsp3) is 0.375. The van der Waals surface area contributed by atoms with E-state index in [-0.39, 0.29) is 11.2 Å². The van der Waals surface area contributed by atoms with Gasteiger partial charge < -0.3 is 40.1 Å². The van der Waals surface area contributed by atoms with Crippen LogP contribution in [0.2, 0.25) is 5.02 Å². The predicted molar refractivity (Wildman–Crippen MR) is 130 cm³/mol. The molecule has 0 bridgehead atoms. The van der Waals surface area contributed by atoms with E-state index in [2.05, 4.69) is 15.1 Å². The minimum atomic E-state index is -1.73. The first kappa shape index (κ1) is 25.9. The van der Waals surface area contributed by atoms with Crippen molar-refractivity contribution in [1.82, 2.24) is 19.7 Å². The number of benzene rings is 2. The summed E-state index contributed by atoms with van der Waals surface area (Å²) in [4.78, 5) is 9.34. The van der Waals surface area contributed by atoms with Crippen molar-refractivity contribution >= 4 is 33.8 Å². The van der Waals surface area contributed by atoms with Crippen molar-refractivity contribution < 1.29 is 40.1 Å². The van der Waals surface area contributed by atoms with Gasteiger partial charge in [-0.05, 0) is 30.3 Å². The number of hydrogen-bond acceptors (Lipinski definition) is 11. The smallest absolute Gasteiger partial charge is 0.187 e. The number of rotatable bonds is 7. The highest BCUT2D eigenvalue weighted by Gasteiger charge is 2.46. The van der Waals surface area contributed by atoms with Crippen LogP contribution >= 0.6 is 11.6 Å². The van der Waals surface area contributed by atoms with Crippen LogP contribution in [-0.4, -0.2) is 100 Å². The van der Waals surface area contributed by atoms with E-state index in [9.17, 15) is 30.6 Å². The average molecular weight is 533 g/mol. The molecule has 2 aromatic heterocycles. The van der Waals surface area contributed by atoms with Gasteiger partial charge in [-0.3, -0.25) is 0 Å². The van der Waals surface area contributed by atoms with Gasteiger partial charge in [-0.25, -0.2) is 14.6 Å². The highest BCUT2D eigenvalue weighted by atomic mass is 35.5. The molecule has 1 aliphatic heterocycles. The quantitative estimate of drug-likeness (QED) is 0.186. The maximum atomic E-state index is 10.7. The van der Waals surface area contributed by atoms with Crippen LogP contribution in [0.1, 0.15) is 11.8 Å². The summed E-state index contributed by atoms with van der Waals surface area (Å²) < 4.78 is 12.8. The maximum Gasteiger partial charge on any atom is 0.187 e. The number of aromatic nitrogens is 4. The van der Waals surface area contributed by atoms with Gasteiger partial charge in [-0.1, -0.05) is 29.8 Å². The highest BCUT2D eigenvalue weighted by Crippen LogP contribution is 2.33. The lowest BCUT2D eigenvalue weighted by molar-refractivity contribution is -0.319. The first-order valence-electron chi connectivity index (χ1n) is 11.5. The molecular formula is C24H25ClN4O8. The summed E-state index contributed by atoms with van der Waals surface area (Å²) in [6.07, 6.45) is -10.8. The van der Waals surface area contributed by atoms with E-state index in [0.29, 0.717) is 27.4 Å². The van der Waals surface area contributed by atoms with Crippen LogP contribution in [0.3, 0.4) is 0 Å². The molecular weight excluding hydrogens is 508 g/mol. The molecule has 2 aromatic carbocycles. The molecule has 3 heterocycles. The number of halogens is 1. The Morgan fingerprint density at radius 3 is 2.43 bits per heavy atom. The van der Waals surface area contributed by atoms with Crippen molar-refractivity contribution in [2.45, 2.75) is 42.9 Å². The molecule has 6 N–H and O–H groups in total.